The Bertz CT molecular complexity index is 680. The Hall–Kier alpha value is -2.27. The summed E-state index contributed by atoms with van der Waals surface area (Å²) in [6, 6.07) is 10.6. The van der Waals surface area contributed by atoms with Crippen molar-refractivity contribution in [1.82, 2.24) is 4.90 Å². The van der Waals surface area contributed by atoms with Gasteiger partial charge < -0.3 is 9.64 Å². The Morgan fingerprint density at radius 2 is 1.55 bits per heavy atom. The molecule has 0 aromatic heterocycles. The molecular formula is C17H15F2NO2. The van der Waals surface area contributed by atoms with E-state index in [-0.39, 0.29) is 5.91 Å². The lowest BCUT2D eigenvalue weighted by Gasteiger charge is -2.26. The molecule has 1 aliphatic heterocycles. The average Bonchev–Trinajstić information content (AvgIpc) is 2.58. The highest BCUT2D eigenvalue weighted by molar-refractivity contribution is 5.94. The van der Waals surface area contributed by atoms with Crippen molar-refractivity contribution in [1.29, 1.82) is 0 Å². The van der Waals surface area contributed by atoms with Crippen LogP contribution < -0.4 is 0 Å². The summed E-state index contributed by atoms with van der Waals surface area (Å²) in [7, 11) is 0. The number of amides is 1. The molecule has 22 heavy (non-hydrogen) atoms. The van der Waals surface area contributed by atoms with Gasteiger partial charge in [-0.2, -0.15) is 0 Å². The molecule has 0 N–H and O–H groups in total. The predicted octanol–water partition coefficient (Wildman–Crippen LogP) is 3.10. The van der Waals surface area contributed by atoms with Crippen LogP contribution in [0.1, 0.15) is 10.4 Å². The van der Waals surface area contributed by atoms with Crippen molar-refractivity contribution in [3.63, 3.8) is 0 Å². The van der Waals surface area contributed by atoms with E-state index in [2.05, 4.69) is 0 Å². The molecule has 2 aromatic rings. The number of ether oxygens (including phenoxy) is 1. The van der Waals surface area contributed by atoms with Gasteiger partial charge in [0.25, 0.3) is 5.91 Å². The molecule has 5 heteroatoms. The third-order valence-corrected chi connectivity index (χ3v) is 3.68. The molecule has 2 aromatic carbocycles. The average molecular weight is 303 g/mol. The number of morpholine rings is 1. The lowest BCUT2D eigenvalue weighted by molar-refractivity contribution is 0.0303. The third-order valence-electron chi connectivity index (χ3n) is 3.68. The van der Waals surface area contributed by atoms with E-state index in [1.54, 1.807) is 29.2 Å². The SMILES string of the molecule is O=C(c1ccc(-c2ccc(F)c(F)c2)cc1)N1CCOCC1. The minimum Gasteiger partial charge on any atom is -0.378 e. The van der Waals surface area contributed by atoms with E-state index in [4.69, 9.17) is 4.74 Å². The van der Waals surface area contributed by atoms with Crippen LogP contribution in [0.3, 0.4) is 0 Å². The summed E-state index contributed by atoms with van der Waals surface area (Å²) in [6.45, 7) is 2.28. The lowest BCUT2D eigenvalue weighted by Crippen LogP contribution is -2.40. The number of hydrogen-bond acceptors (Lipinski definition) is 2. The number of carbonyl (C=O) groups excluding carboxylic acids is 1. The van der Waals surface area contributed by atoms with E-state index in [1.807, 2.05) is 0 Å². The molecule has 1 heterocycles. The van der Waals surface area contributed by atoms with E-state index in [0.29, 0.717) is 37.4 Å². The molecule has 1 aliphatic rings. The Labute approximate surface area is 127 Å². The first-order valence-electron chi connectivity index (χ1n) is 7.07. The summed E-state index contributed by atoms with van der Waals surface area (Å²) < 4.78 is 31.4. The molecule has 0 spiro atoms. The third kappa shape index (κ3) is 2.99. The van der Waals surface area contributed by atoms with E-state index >= 15 is 0 Å². The highest BCUT2D eigenvalue weighted by atomic mass is 19.2. The number of hydrogen-bond donors (Lipinski definition) is 0. The van der Waals surface area contributed by atoms with Gasteiger partial charge in [0.1, 0.15) is 0 Å². The van der Waals surface area contributed by atoms with Gasteiger partial charge in [-0.15, -0.1) is 0 Å². The summed E-state index contributed by atoms with van der Waals surface area (Å²) >= 11 is 0. The molecule has 1 fully saturated rings. The normalized spacial score (nSPS) is 14.9. The van der Waals surface area contributed by atoms with Crippen molar-refractivity contribution >= 4 is 5.91 Å². The van der Waals surface area contributed by atoms with Gasteiger partial charge in [0.2, 0.25) is 0 Å². The van der Waals surface area contributed by atoms with Crippen molar-refractivity contribution < 1.29 is 18.3 Å². The van der Waals surface area contributed by atoms with Gasteiger partial charge in [0, 0.05) is 18.7 Å². The van der Waals surface area contributed by atoms with Gasteiger partial charge in [-0.1, -0.05) is 18.2 Å². The maximum Gasteiger partial charge on any atom is 0.254 e. The van der Waals surface area contributed by atoms with Gasteiger partial charge in [0.05, 0.1) is 13.2 Å². The number of rotatable bonds is 2. The summed E-state index contributed by atoms with van der Waals surface area (Å²) in [5, 5.41) is 0. The fourth-order valence-corrected chi connectivity index (χ4v) is 2.43. The zero-order valence-electron chi connectivity index (χ0n) is 11.9. The molecule has 0 radical (unpaired) electrons. The summed E-state index contributed by atoms with van der Waals surface area (Å²) in [4.78, 5) is 14.1. The second-order valence-corrected chi connectivity index (χ2v) is 5.11. The molecule has 1 saturated heterocycles. The fraction of sp³-hybridized carbons (Fsp3) is 0.235. The van der Waals surface area contributed by atoms with E-state index in [9.17, 15) is 13.6 Å². The minimum atomic E-state index is -0.883. The van der Waals surface area contributed by atoms with Crippen LogP contribution in [0.5, 0.6) is 0 Å². The zero-order chi connectivity index (χ0) is 15.5. The van der Waals surface area contributed by atoms with Crippen molar-refractivity contribution in [3.05, 3.63) is 59.7 Å². The van der Waals surface area contributed by atoms with Crippen LogP contribution >= 0.6 is 0 Å². The molecule has 0 unspecified atom stereocenters. The predicted molar refractivity (Wildman–Crippen MR) is 78.5 cm³/mol. The van der Waals surface area contributed by atoms with Crippen molar-refractivity contribution in [2.75, 3.05) is 26.3 Å². The van der Waals surface area contributed by atoms with Crippen molar-refractivity contribution in [2.45, 2.75) is 0 Å². The zero-order valence-corrected chi connectivity index (χ0v) is 11.9. The Morgan fingerprint density at radius 1 is 0.909 bits per heavy atom. The van der Waals surface area contributed by atoms with Gasteiger partial charge in [-0.25, -0.2) is 8.78 Å². The summed E-state index contributed by atoms with van der Waals surface area (Å²) in [6.07, 6.45) is 0. The minimum absolute atomic E-state index is 0.0415. The maximum absolute atomic E-state index is 13.3. The van der Waals surface area contributed by atoms with Gasteiger partial charge in [-0.05, 0) is 35.4 Å². The first-order valence-corrected chi connectivity index (χ1v) is 7.07. The Morgan fingerprint density at radius 3 is 2.18 bits per heavy atom. The van der Waals surface area contributed by atoms with Crippen LogP contribution in [0.25, 0.3) is 11.1 Å². The van der Waals surface area contributed by atoms with Crippen LogP contribution in [-0.4, -0.2) is 37.1 Å². The number of benzene rings is 2. The van der Waals surface area contributed by atoms with Gasteiger partial charge in [0.15, 0.2) is 11.6 Å². The summed E-state index contributed by atoms with van der Waals surface area (Å²) in [5.41, 5.74) is 1.88. The van der Waals surface area contributed by atoms with Crippen molar-refractivity contribution in [2.24, 2.45) is 0 Å². The quantitative estimate of drug-likeness (QED) is 0.853. The molecule has 0 aliphatic carbocycles. The van der Waals surface area contributed by atoms with Crippen LogP contribution in [0.15, 0.2) is 42.5 Å². The molecular weight excluding hydrogens is 288 g/mol. The first kappa shape index (κ1) is 14.7. The highest BCUT2D eigenvalue weighted by Crippen LogP contribution is 2.22. The summed E-state index contributed by atoms with van der Waals surface area (Å²) in [5.74, 6) is -1.80. The van der Waals surface area contributed by atoms with Crippen LogP contribution in [0.2, 0.25) is 0 Å². The Balaban J connectivity index is 1.79. The Kier molecular flexibility index (Phi) is 4.15. The topological polar surface area (TPSA) is 29.5 Å². The molecule has 114 valence electrons. The monoisotopic (exact) mass is 303 g/mol. The first-order chi connectivity index (χ1) is 10.6. The van der Waals surface area contributed by atoms with Crippen molar-refractivity contribution in [3.8, 4) is 11.1 Å². The molecule has 0 saturated carbocycles. The van der Waals surface area contributed by atoms with Crippen LogP contribution in [-0.2, 0) is 4.74 Å². The smallest absolute Gasteiger partial charge is 0.254 e. The molecule has 1 amide bonds. The molecule has 0 bridgehead atoms. The number of nitrogens with zero attached hydrogens (tertiary/aromatic N) is 1. The molecule has 0 atom stereocenters. The number of carbonyl (C=O) groups is 1. The van der Waals surface area contributed by atoms with Crippen LogP contribution in [0, 0.1) is 11.6 Å². The van der Waals surface area contributed by atoms with E-state index < -0.39 is 11.6 Å². The van der Waals surface area contributed by atoms with Crippen LogP contribution in [0.4, 0.5) is 8.78 Å². The van der Waals surface area contributed by atoms with E-state index in [1.165, 1.54) is 6.07 Å². The standard InChI is InChI=1S/C17H15F2NO2/c18-15-6-5-14(11-16(15)19)12-1-3-13(4-2-12)17(21)20-7-9-22-10-8-20/h1-6,11H,7-10H2. The van der Waals surface area contributed by atoms with Gasteiger partial charge in [-0.3, -0.25) is 4.79 Å². The largest absolute Gasteiger partial charge is 0.378 e. The fourth-order valence-electron chi connectivity index (χ4n) is 2.43. The van der Waals surface area contributed by atoms with E-state index in [0.717, 1.165) is 17.7 Å². The molecule has 3 nitrogen and oxygen atoms in total. The number of halogens is 2. The second kappa shape index (κ2) is 6.23. The second-order valence-electron chi connectivity index (χ2n) is 5.11. The maximum atomic E-state index is 13.3. The van der Waals surface area contributed by atoms with Gasteiger partial charge >= 0.3 is 0 Å². The highest BCUT2D eigenvalue weighted by Gasteiger charge is 2.18. The molecule has 3 rings (SSSR count). The lowest BCUT2D eigenvalue weighted by atomic mass is 10.0.